The molecule has 0 bridgehead atoms. The molecule has 6 heteroatoms. The summed E-state index contributed by atoms with van der Waals surface area (Å²) in [6.07, 6.45) is 2.38. The van der Waals surface area contributed by atoms with Crippen molar-refractivity contribution >= 4 is 34.9 Å². The number of piperidine rings is 1. The molecular weight excluding hydrogens is 381 g/mol. The monoisotopic (exact) mass is 403 g/mol. The van der Waals surface area contributed by atoms with Gasteiger partial charge in [0.05, 0.1) is 0 Å². The highest BCUT2D eigenvalue weighted by atomic mass is 35.5. The molecule has 0 aromatic heterocycles. The van der Waals surface area contributed by atoms with Crippen LogP contribution in [0.15, 0.2) is 48.5 Å². The first-order chi connectivity index (χ1) is 13.1. The molecule has 2 amide bonds. The van der Waals surface area contributed by atoms with Crippen LogP contribution < -0.4 is 5.32 Å². The van der Waals surface area contributed by atoms with E-state index in [4.69, 9.17) is 23.2 Å². The topological polar surface area (TPSA) is 35.6 Å². The van der Waals surface area contributed by atoms with E-state index >= 15 is 0 Å². The number of benzene rings is 2. The molecule has 2 aliphatic rings. The molecule has 1 N–H and O–H groups in total. The molecule has 0 spiro atoms. The van der Waals surface area contributed by atoms with Crippen LogP contribution in [0.2, 0.25) is 10.0 Å². The summed E-state index contributed by atoms with van der Waals surface area (Å²) < 4.78 is 0. The lowest BCUT2D eigenvalue weighted by molar-refractivity contribution is 0.0454. The summed E-state index contributed by atoms with van der Waals surface area (Å²) in [6.45, 7) is 3.75. The summed E-state index contributed by atoms with van der Waals surface area (Å²) in [5.74, 6) is 0.662. The van der Waals surface area contributed by atoms with Gasteiger partial charge in [0.15, 0.2) is 0 Å². The molecule has 2 aromatic carbocycles. The van der Waals surface area contributed by atoms with Crippen LogP contribution in [0.5, 0.6) is 0 Å². The maximum Gasteiger partial charge on any atom is 0.321 e. The SMILES string of the molecule is O=C(Nc1cc(Cl)cc(Cl)c1)N1CC(N2CCC(c3ccccc3)CC2)C1. The maximum atomic E-state index is 12.4. The Bertz CT molecular complexity index is 780. The van der Waals surface area contributed by atoms with E-state index in [2.05, 4.69) is 40.5 Å². The zero-order chi connectivity index (χ0) is 18.8. The lowest BCUT2D eigenvalue weighted by Crippen LogP contribution is -2.62. The zero-order valence-corrected chi connectivity index (χ0v) is 16.6. The van der Waals surface area contributed by atoms with Gasteiger partial charge in [0.2, 0.25) is 0 Å². The minimum Gasteiger partial charge on any atom is -0.321 e. The number of likely N-dealkylation sites (tertiary alicyclic amines) is 2. The standard InChI is InChI=1S/C21H23Cl2N3O/c22-17-10-18(23)12-19(11-17)24-21(27)26-13-20(14-26)25-8-6-16(7-9-25)15-4-2-1-3-5-15/h1-5,10-12,16,20H,6-9,13-14H2,(H,24,27). The third-order valence-corrected chi connectivity index (χ3v) is 6.02. The van der Waals surface area contributed by atoms with Gasteiger partial charge in [-0.25, -0.2) is 4.79 Å². The largest absolute Gasteiger partial charge is 0.321 e. The molecule has 2 heterocycles. The van der Waals surface area contributed by atoms with Crippen molar-refractivity contribution < 1.29 is 4.79 Å². The van der Waals surface area contributed by atoms with Crippen LogP contribution in [0.3, 0.4) is 0 Å². The van der Waals surface area contributed by atoms with Gasteiger partial charge >= 0.3 is 6.03 Å². The van der Waals surface area contributed by atoms with Gasteiger partial charge in [0.1, 0.15) is 0 Å². The lowest BCUT2D eigenvalue weighted by Gasteiger charge is -2.47. The second-order valence-corrected chi connectivity index (χ2v) is 8.24. The summed E-state index contributed by atoms with van der Waals surface area (Å²) in [7, 11) is 0. The van der Waals surface area contributed by atoms with E-state index in [-0.39, 0.29) is 6.03 Å². The number of halogens is 2. The second kappa shape index (κ2) is 8.09. The van der Waals surface area contributed by atoms with E-state index < -0.39 is 0 Å². The Labute approximate surface area is 170 Å². The number of anilines is 1. The molecule has 0 saturated carbocycles. The van der Waals surface area contributed by atoms with Crippen molar-refractivity contribution in [3.63, 3.8) is 0 Å². The molecule has 0 aliphatic carbocycles. The number of urea groups is 1. The van der Waals surface area contributed by atoms with Crippen LogP contribution >= 0.6 is 23.2 Å². The van der Waals surface area contributed by atoms with Crippen LogP contribution in [-0.4, -0.2) is 48.1 Å². The van der Waals surface area contributed by atoms with Crippen LogP contribution in [0.4, 0.5) is 10.5 Å². The van der Waals surface area contributed by atoms with Gasteiger partial charge in [-0.15, -0.1) is 0 Å². The first-order valence-corrected chi connectivity index (χ1v) is 10.1. The van der Waals surface area contributed by atoms with E-state index in [0.29, 0.717) is 27.7 Å². The van der Waals surface area contributed by atoms with Crippen molar-refractivity contribution in [1.29, 1.82) is 0 Å². The minimum atomic E-state index is -0.0937. The molecule has 4 rings (SSSR count). The number of hydrogen-bond donors (Lipinski definition) is 1. The number of hydrogen-bond acceptors (Lipinski definition) is 2. The van der Waals surface area contributed by atoms with Gasteiger partial charge in [-0.1, -0.05) is 53.5 Å². The summed E-state index contributed by atoms with van der Waals surface area (Å²) in [4.78, 5) is 16.8. The fourth-order valence-corrected chi connectivity index (χ4v) is 4.53. The molecule has 2 aliphatic heterocycles. The maximum absolute atomic E-state index is 12.4. The van der Waals surface area contributed by atoms with E-state index in [0.717, 1.165) is 26.2 Å². The van der Waals surface area contributed by atoms with Gasteiger partial charge in [0.25, 0.3) is 0 Å². The van der Waals surface area contributed by atoms with Crippen molar-refractivity contribution in [2.75, 3.05) is 31.5 Å². The van der Waals surface area contributed by atoms with Crippen molar-refractivity contribution in [1.82, 2.24) is 9.80 Å². The van der Waals surface area contributed by atoms with E-state index in [1.54, 1.807) is 18.2 Å². The first kappa shape index (κ1) is 18.6. The number of nitrogens with one attached hydrogen (secondary N) is 1. The molecule has 4 nitrogen and oxygen atoms in total. The van der Waals surface area contributed by atoms with E-state index in [9.17, 15) is 4.79 Å². The van der Waals surface area contributed by atoms with Crippen molar-refractivity contribution in [2.24, 2.45) is 0 Å². The zero-order valence-electron chi connectivity index (χ0n) is 15.1. The number of carbonyl (C=O) groups excluding carboxylic acids is 1. The number of rotatable bonds is 3. The minimum absolute atomic E-state index is 0.0937. The Balaban J connectivity index is 1.24. The van der Waals surface area contributed by atoms with Crippen LogP contribution in [0, 0.1) is 0 Å². The third kappa shape index (κ3) is 4.40. The molecule has 2 fully saturated rings. The normalized spacial score (nSPS) is 19.0. The highest BCUT2D eigenvalue weighted by molar-refractivity contribution is 6.35. The Kier molecular flexibility index (Phi) is 5.58. The Morgan fingerprint density at radius 1 is 0.963 bits per heavy atom. The highest BCUT2D eigenvalue weighted by Crippen LogP contribution is 2.30. The summed E-state index contributed by atoms with van der Waals surface area (Å²) >= 11 is 12.0. The molecule has 2 saturated heterocycles. The number of amides is 2. The molecule has 27 heavy (non-hydrogen) atoms. The molecule has 0 unspecified atom stereocenters. The quantitative estimate of drug-likeness (QED) is 0.774. The molecule has 2 aromatic rings. The lowest BCUT2D eigenvalue weighted by atomic mass is 9.88. The third-order valence-electron chi connectivity index (χ3n) is 5.58. The number of carbonyl (C=O) groups is 1. The van der Waals surface area contributed by atoms with Crippen LogP contribution in [0.25, 0.3) is 0 Å². The van der Waals surface area contributed by atoms with Crippen molar-refractivity contribution in [3.05, 3.63) is 64.1 Å². The predicted octanol–water partition coefficient (Wildman–Crippen LogP) is 5.09. The Morgan fingerprint density at radius 3 is 2.22 bits per heavy atom. The van der Waals surface area contributed by atoms with Gasteiger partial charge in [0, 0.05) is 34.9 Å². The van der Waals surface area contributed by atoms with Gasteiger partial charge in [-0.2, -0.15) is 0 Å². The first-order valence-electron chi connectivity index (χ1n) is 9.39. The average molecular weight is 404 g/mol. The molecule has 0 atom stereocenters. The van der Waals surface area contributed by atoms with E-state index in [1.807, 2.05) is 4.90 Å². The number of nitrogens with zero attached hydrogens (tertiary/aromatic N) is 2. The molecule has 142 valence electrons. The smallest absolute Gasteiger partial charge is 0.321 e. The van der Waals surface area contributed by atoms with Gasteiger partial charge < -0.3 is 10.2 Å². The molecular formula is C21H23Cl2N3O. The summed E-state index contributed by atoms with van der Waals surface area (Å²) in [5, 5.41) is 3.91. The Morgan fingerprint density at radius 2 is 1.59 bits per heavy atom. The fraction of sp³-hybridized carbons (Fsp3) is 0.381. The van der Waals surface area contributed by atoms with Crippen molar-refractivity contribution in [2.45, 2.75) is 24.8 Å². The molecule has 0 radical (unpaired) electrons. The average Bonchev–Trinajstić information content (AvgIpc) is 2.61. The predicted molar refractivity (Wildman–Crippen MR) is 111 cm³/mol. The van der Waals surface area contributed by atoms with Crippen molar-refractivity contribution in [3.8, 4) is 0 Å². The van der Waals surface area contributed by atoms with Gasteiger partial charge in [-0.3, -0.25) is 4.90 Å². The highest BCUT2D eigenvalue weighted by Gasteiger charge is 2.36. The van der Waals surface area contributed by atoms with Crippen LogP contribution in [-0.2, 0) is 0 Å². The van der Waals surface area contributed by atoms with Gasteiger partial charge in [-0.05, 0) is 55.6 Å². The summed E-state index contributed by atoms with van der Waals surface area (Å²) in [5.41, 5.74) is 2.08. The fourth-order valence-electron chi connectivity index (χ4n) is 4.00. The summed E-state index contributed by atoms with van der Waals surface area (Å²) in [6, 6.07) is 16.2. The van der Waals surface area contributed by atoms with Crippen LogP contribution in [0.1, 0.15) is 24.3 Å². The van der Waals surface area contributed by atoms with E-state index in [1.165, 1.54) is 18.4 Å². The second-order valence-electron chi connectivity index (χ2n) is 7.37. The Hall–Kier alpha value is -1.75.